The van der Waals surface area contributed by atoms with Crippen LogP contribution >= 0.6 is 23.2 Å². The minimum atomic E-state index is -1.46. The van der Waals surface area contributed by atoms with E-state index in [-0.39, 0.29) is 27.1 Å². The highest BCUT2D eigenvalue weighted by Gasteiger charge is 2.31. The Labute approximate surface area is 185 Å². The molecule has 31 heavy (non-hydrogen) atoms. The molecular formula is C20H17Cl2F2N3O4. The fourth-order valence-electron chi connectivity index (χ4n) is 3.04. The van der Waals surface area contributed by atoms with Crippen molar-refractivity contribution in [3.63, 3.8) is 0 Å². The van der Waals surface area contributed by atoms with Crippen molar-refractivity contribution in [2.45, 2.75) is 13.2 Å². The van der Waals surface area contributed by atoms with Crippen LogP contribution < -0.4 is 16.9 Å². The largest absolute Gasteiger partial charge is 0.453 e. The van der Waals surface area contributed by atoms with Crippen LogP contribution in [0.1, 0.15) is 18.7 Å². The van der Waals surface area contributed by atoms with Gasteiger partial charge in [0.1, 0.15) is 5.76 Å². The molecule has 0 spiro atoms. The van der Waals surface area contributed by atoms with Crippen molar-refractivity contribution in [1.82, 2.24) is 4.90 Å². The molecular weight excluding hydrogens is 455 g/mol. The quantitative estimate of drug-likeness (QED) is 0.330. The number of carbonyl (C=O) groups is 1. The van der Waals surface area contributed by atoms with Crippen LogP contribution in [0.5, 0.6) is 0 Å². The van der Waals surface area contributed by atoms with Gasteiger partial charge in [-0.15, -0.1) is 0 Å². The Balaban J connectivity index is 2.37. The minimum absolute atomic E-state index is 0.0903. The molecule has 1 heterocycles. The zero-order valence-electron chi connectivity index (χ0n) is 16.6. The van der Waals surface area contributed by atoms with Crippen LogP contribution in [0.25, 0.3) is 22.3 Å². The Morgan fingerprint density at radius 2 is 1.68 bits per heavy atom. The average Bonchev–Trinajstić information content (AvgIpc) is 2.68. The Hall–Kier alpha value is -2.88. The van der Waals surface area contributed by atoms with Gasteiger partial charge < -0.3 is 20.6 Å². The number of benzene rings is 2. The third kappa shape index (κ3) is 4.04. The first kappa shape index (κ1) is 22.8. The predicted octanol–water partition coefficient (Wildman–Crippen LogP) is 4.33. The summed E-state index contributed by atoms with van der Waals surface area (Å²) in [6, 6.07) is 3.76. The summed E-state index contributed by atoms with van der Waals surface area (Å²) in [4.78, 5) is 25.4. The summed E-state index contributed by atoms with van der Waals surface area (Å²) < 4.78 is 41.1. The Morgan fingerprint density at radius 3 is 2.19 bits per heavy atom. The standard InChI is InChI=1S/C20H17Cl2F2N3O4/c1-7(28)30-20(27(2)3)14-15(23)18(26)13-11(29)6-12(31-19(13)16(14)24)8-4-9(21)17(25)10(22)5-8/h4-6,20H,25-26H2,1-3H3. The lowest BCUT2D eigenvalue weighted by atomic mass is 10.0. The third-order valence-electron chi connectivity index (χ3n) is 4.48. The van der Waals surface area contributed by atoms with Gasteiger partial charge in [0.15, 0.2) is 28.9 Å². The van der Waals surface area contributed by atoms with E-state index in [2.05, 4.69) is 0 Å². The van der Waals surface area contributed by atoms with Gasteiger partial charge in [-0.25, -0.2) is 8.78 Å². The lowest BCUT2D eigenvalue weighted by Gasteiger charge is -2.25. The van der Waals surface area contributed by atoms with Crippen LogP contribution in [0.2, 0.25) is 10.0 Å². The number of carbonyl (C=O) groups excluding carboxylic acids is 1. The van der Waals surface area contributed by atoms with E-state index in [0.29, 0.717) is 0 Å². The van der Waals surface area contributed by atoms with Crippen LogP contribution in [0.3, 0.4) is 0 Å². The number of nitrogen functional groups attached to an aromatic ring is 2. The number of hydrogen-bond acceptors (Lipinski definition) is 7. The zero-order chi connectivity index (χ0) is 23.2. The Kier molecular flexibility index (Phi) is 6.13. The molecule has 0 saturated heterocycles. The molecule has 0 amide bonds. The van der Waals surface area contributed by atoms with Crippen LogP contribution in [0.4, 0.5) is 20.2 Å². The molecule has 0 aliphatic heterocycles. The summed E-state index contributed by atoms with van der Waals surface area (Å²) >= 11 is 12.1. The molecule has 0 aliphatic carbocycles. The molecule has 164 valence electrons. The second kappa shape index (κ2) is 8.33. The fourth-order valence-corrected chi connectivity index (χ4v) is 3.53. The van der Waals surface area contributed by atoms with Gasteiger partial charge in [-0.1, -0.05) is 23.2 Å². The second-order valence-electron chi connectivity index (χ2n) is 6.91. The van der Waals surface area contributed by atoms with Crippen molar-refractivity contribution in [2.24, 2.45) is 0 Å². The molecule has 0 aliphatic rings. The number of halogens is 4. The van der Waals surface area contributed by atoms with E-state index in [4.69, 9.17) is 43.8 Å². The van der Waals surface area contributed by atoms with Crippen LogP contribution in [0.15, 0.2) is 27.4 Å². The van der Waals surface area contributed by atoms with Gasteiger partial charge in [-0.05, 0) is 26.2 Å². The molecule has 0 saturated carbocycles. The molecule has 1 unspecified atom stereocenters. The number of fused-ring (bicyclic) bond motifs is 1. The van der Waals surface area contributed by atoms with Gasteiger partial charge in [0.25, 0.3) is 0 Å². The molecule has 11 heteroatoms. The molecule has 0 bridgehead atoms. The summed E-state index contributed by atoms with van der Waals surface area (Å²) in [5.41, 5.74) is 9.13. The lowest BCUT2D eigenvalue weighted by molar-refractivity contribution is -0.155. The normalized spacial score (nSPS) is 12.4. The zero-order valence-corrected chi connectivity index (χ0v) is 18.1. The van der Waals surface area contributed by atoms with Gasteiger partial charge in [-0.2, -0.15) is 0 Å². The summed E-state index contributed by atoms with van der Waals surface area (Å²) in [7, 11) is 2.88. The summed E-state index contributed by atoms with van der Waals surface area (Å²) in [5, 5.41) is -0.310. The van der Waals surface area contributed by atoms with Gasteiger partial charge in [0, 0.05) is 18.6 Å². The van der Waals surface area contributed by atoms with E-state index in [1.54, 1.807) is 0 Å². The maximum Gasteiger partial charge on any atom is 0.304 e. The SMILES string of the molecule is CC(=O)OC(c1c(F)c(N)c2c(=O)cc(-c3cc(Cl)c(N)c(Cl)c3)oc2c1F)N(C)C. The number of ether oxygens (including phenoxy) is 1. The number of nitrogens with zero attached hydrogens (tertiary/aromatic N) is 1. The van der Waals surface area contributed by atoms with Gasteiger partial charge >= 0.3 is 5.97 Å². The number of esters is 1. The highest BCUT2D eigenvalue weighted by molar-refractivity contribution is 6.39. The number of nitrogens with two attached hydrogens (primary N) is 2. The second-order valence-corrected chi connectivity index (χ2v) is 7.73. The number of hydrogen-bond donors (Lipinski definition) is 2. The van der Waals surface area contributed by atoms with Crippen molar-refractivity contribution < 1.29 is 22.7 Å². The van der Waals surface area contributed by atoms with E-state index >= 15 is 4.39 Å². The van der Waals surface area contributed by atoms with Crippen LogP contribution in [-0.4, -0.2) is 25.0 Å². The first-order chi connectivity index (χ1) is 14.4. The molecule has 0 radical (unpaired) electrons. The summed E-state index contributed by atoms with van der Waals surface area (Å²) in [6.45, 7) is 1.09. The molecule has 7 nitrogen and oxygen atoms in total. The maximum absolute atomic E-state index is 15.5. The van der Waals surface area contributed by atoms with Gasteiger partial charge in [-0.3, -0.25) is 14.5 Å². The van der Waals surface area contributed by atoms with E-state index in [1.807, 2.05) is 0 Å². The molecule has 3 aromatic rings. The molecule has 0 fully saturated rings. The molecule has 1 atom stereocenters. The predicted molar refractivity (Wildman–Crippen MR) is 115 cm³/mol. The minimum Gasteiger partial charge on any atom is -0.453 e. The monoisotopic (exact) mass is 471 g/mol. The van der Waals surface area contributed by atoms with Crippen molar-refractivity contribution in [1.29, 1.82) is 0 Å². The van der Waals surface area contributed by atoms with E-state index in [9.17, 15) is 14.0 Å². The first-order valence-corrected chi connectivity index (χ1v) is 9.52. The number of rotatable bonds is 4. The molecule has 1 aromatic heterocycles. The van der Waals surface area contributed by atoms with Crippen molar-refractivity contribution >= 4 is 51.5 Å². The Bertz CT molecular complexity index is 1250. The third-order valence-corrected chi connectivity index (χ3v) is 5.11. The topological polar surface area (TPSA) is 112 Å². The molecule has 2 aromatic carbocycles. The van der Waals surface area contributed by atoms with Crippen LogP contribution in [-0.2, 0) is 9.53 Å². The summed E-state index contributed by atoms with van der Waals surface area (Å²) in [5.74, 6) is -3.36. The first-order valence-electron chi connectivity index (χ1n) is 8.76. The smallest absolute Gasteiger partial charge is 0.304 e. The highest BCUT2D eigenvalue weighted by atomic mass is 35.5. The van der Waals surface area contributed by atoms with E-state index in [0.717, 1.165) is 13.0 Å². The Morgan fingerprint density at radius 1 is 1.10 bits per heavy atom. The van der Waals surface area contributed by atoms with E-state index in [1.165, 1.54) is 31.1 Å². The van der Waals surface area contributed by atoms with Gasteiger partial charge in [0.05, 0.1) is 32.4 Å². The highest BCUT2D eigenvalue weighted by Crippen LogP contribution is 2.38. The maximum atomic E-state index is 15.5. The van der Waals surface area contributed by atoms with Gasteiger partial charge in [0.2, 0.25) is 0 Å². The van der Waals surface area contributed by atoms with Crippen molar-refractivity contribution in [2.75, 3.05) is 25.6 Å². The van der Waals surface area contributed by atoms with Crippen LogP contribution in [0, 0.1) is 11.6 Å². The lowest BCUT2D eigenvalue weighted by Crippen LogP contribution is -2.27. The molecule has 3 rings (SSSR count). The summed E-state index contributed by atoms with van der Waals surface area (Å²) in [6.07, 6.45) is -1.46. The average molecular weight is 472 g/mol. The van der Waals surface area contributed by atoms with E-state index < -0.39 is 51.5 Å². The van der Waals surface area contributed by atoms with Crippen molar-refractivity contribution in [3.8, 4) is 11.3 Å². The number of anilines is 2. The fraction of sp³-hybridized carbons (Fsp3) is 0.200. The van der Waals surface area contributed by atoms with Crippen molar-refractivity contribution in [3.05, 3.63) is 55.7 Å². The molecule has 4 N–H and O–H groups in total.